The standard InChI is InChI=1S/C8H12.CH5O3P/c1-4-6-8(3)7-5-2;1-4-5(2)3/h4-7H,1H2,2-3H3;2-3H,1H3/b7-5-,8-6-;. The fraction of sp³-hybridized carbons (Fsp3) is 0.333. The van der Waals surface area contributed by atoms with Gasteiger partial charge in [0.05, 0.1) is 0 Å². The predicted molar refractivity (Wildman–Crippen MR) is 57.1 cm³/mol. The molecule has 0 saturated heterocycles. The van der Waals surface area contributed by atoms with Crippen molar-refractivity contribution < 1.29 is 14.3 Å². The summed E-state index contributed by atoms with van der Waals surface area (Å²) in [5, 5.41) is 0. The third-order valence-electron chi connectivity index (χ3n) is 0.974. The van der Waals surface area contributed by atoms with Crippen molar-refractivity contribution in [2.24, 2.45) is 0 Å². The summed E-state index contributed by atoms with van der Waals surface area (Å²) in [6.07, 6.45) is 7.81. The van der Waals surface area contributed by atoms with E-state index in [9.17, 15) is 0 Å². The Balaban J connectivity index is 0. The van der Waals surface area contributed by atoms with E-state index in [1.54, 1.807) is 6.08 Å². The van der Waals surface area contributed by atoms with Crippen molar-refractivity contribution in [3.63, 3.8) is 0 Å². The average molecular weight is 204 g/mol. The first-order chi connectivity index (χ1) is 6.08. The second-order valence-corrected chi connectivity index (χ2v) is 2.95. The SMILES string of the molecule is C=C/C=C(C)\C=C/C.COP(O)O. The molecule has 13 heavy (non-hydrogen) atoms. The first kappa shape index (κ1) is 15.0. The van der Waals surface area contributed by atoms with E-state index >= 15 is 0 Å². The van der Waals surface area contributed by atoms with Crippen LogP contribution in [0.2, 0.25) is 0 Å². The van der Waals surface area contributed by atoms with Gasteiger partial charge in [-0.25, -0.2) is 0 Å². The smallest absolute Gasteiger partial charge is 0.326 e. The van der Waals surface area contributed by atoms with Gasteiger partial charge in [-0.15, -0.1) is 0 Å². The summed E-state index contributed by atoms with van der Waals surface area (Å²) in [5.41, 5.74) is 1.24. The summed E-state index contributed by atoms with van der Waals surface area (Å²) in [5.74, 6) is 0. The predicted octanol–water partition coefficient (Wildman–Crippen LogP) is 2.54. The number of allylic oxidation sites excluding steroid dienone is 5. The maximum atomic E-state index is 7.76. The molecule has 0 saturated carbocycles. The zero-order valence-corrected chi connectivity index (χ0v) is 9.16. The van der Waals surface area contributed by atoms with Gasteiger partial charge in [0, 0.05) is 7.11 Å². The van der Waals surface area contributed by atoms with Crippen LogP contribution in [-0.4, -0.2) is 16.9 Å². The molecule has 0 aliphatic carbocycles. The van der Waals surface area contributed by atoms with Gasteiger partial charge in [-0.1, -0.05) is 36.5 Å². The molecule has 0 fully saturated rings. The van der Waals surface area contributed by atoms with Gasteiger partial charge in [-0.05, 0) is 13.8 Å². The van der Waals surface area contributed by atoms with Gasteiger partial charge in [0.1, 0.15) is 0 Å². The van der Waals surface area contributed by atoms with Gasteiger partial charge in [0.25, 0.3) is 0 Å². The minimum absolute atomic E-state index is 1.23. The third kappa shape index (κ3) is 18.5. The van der Waals surface area contributed by atoms with Crippen LogP contribution in [-0.2, 0) is 4.52 Å². The zero-order valence-electron chi connectivity index (χ0n) is 8.27. The molecule has 0 amide bonds. The fourth-order valence-electron chi connectivity index (χ4n) is 0.504. The van der Waals surface area contributed by atoms with Gasteiger partial charge < -0.3 is 14.3 Å². The molecule has 0 spiro atoms. The van der Waals surface area contributed by atoms with Gasteiger partial charge in [-0.2, -0.15) is 0 Å². The number of rotatable bonds is 3. The Bertz CT molecular complexity index is 174. The van der Waals surface area contributed by atoms with Crippen LogP contribution in [0.5, 0.6) is 0 Å². The van der Waals surface area contributed by atoms with Gasteiger partial charge in [0.2, 0.25) is 0 Å². The lowest BCUT2D eigenvalue weighted by Gasteiger charge is -1.89. The molecule has 0 bridgehead atoms. The van der Waals surface area contributed by atoms with Crippen LogP contribution in [0.4, 0.5) is 0 Å². The van der Waals surface area contributed by atoms with E-state index in [4.69, 9.17) is 9.79 Å². The zero-order chi connectivity index (χ0) is 10.7. The minimum Gasteiger partial charge on any atom is -0.328 e. The molecule has 0 aromatic rings. The molecule has 0 radical (unpaired) electrons. The quantitative estimate of drug-likeness (QED) is 0.548. The van der Waals surface area contributed by atoms with Crippen molar-refractivity contribution in [3.8, 4) is 0 Å². The van der Waals surface area contributed by atoms with E-state index in [2.05, 4.69) is 11.1 Å². The molecule has 2 N–H and O–H groups in total. The van der Waals surface area contributed by atoms with Gasteiger partial charge >= 0.3 is 8.60 Å². The monoisotopic (exact) mass is 204 g/mol. The van der Waals surface area contributed by atoms with Crippen molar-refractivity contribution in [1.29, 1.82) is 0 Å². The Kier molecular flexibility index (Phi) is 13.3. The molecular weight excluding hydrogens is 187 g/mol. The summed E-state index contributed by atoms with van der Waals surface area (Å²) in [6.45, 7) is 7.62. The maximum Gasteiger partial charge on any atom is 0.326 e. The Morgan fingerprint density at radius 3 is 2.15 bits per heavy atom. The van der Waals surface area contributed by atoms with Crippen LogP contribution in [0.1, 0.15) is 13.8 Å². The molecule has 76 valence electrons. The van der Waals surface area contributed by atoms with Crippen molar-refractivity contribution in [2.45, 2.75) is 13.8 Å². The van der Waals surface area contributed by atoms with Crippen molar-refractivity contribution in [2.75, 3.05) is 7.11 Å². The highest BCUT2D eigenvalue weighted by atomic mass is 31.2. The fourth-order valence-corrected chi connectivity index (χ4v) is 0.504. The average Bonchev–Trinajstić information content (AvgIpc) is 2.06. The topological polar surface area (TPSA) is 49.7 Å². The molecule has 0 heterocycles. The van der Waals surface area contributed by atoms with Crippen LogP contribution in [0, 0.1) is 0 Å². The van der Waals surface area contributed by atoms with Crippen LogP contribution >= 0.6 is 8.60 Å². The third-order valence-corrected chi connectivity index (χ3v) is 1.30. The molecule has 3 nitrogen and oxygen atoms in total. The van der Waals surface area contributed by atoms with E-state index in [1.807, 2.05) is 32.1 Å². The summed E-state index contributed by atoms with van der Waals surface area (Å²) >= 11 is 0. The first-order valence-electron chi connectivity index (χ1n) is 3.72. The highest BCUT2D eigenvalue weighted by molar-refractivity contribution is 7.39. The first-order valence-corrected chi connectivity index (χ1v) is 4.89. The molecule has 0 aromatic carbocycles. The van der Waals surface area contributed by atoms with Crippen LogP contribution < -0.4 is 0 Å². The molecule has 0 aliphatic rings. The lowest BCUT2D eigenvalue weighted by molar-refractivity contribution is 0.310. The largest absolute Gasteiger partial charge is 0.328 e. The van der Waals surface area contributed by atoms with E-state index in [0.29, 0.717) is 0 Å². The van der Waals surface area contributed by atoms with Crippen molar-refractivity contribution in [1.82, 2.24) is 0 Å². The van der Waals surface area contributed by atoms with E-state index in [1.165, 1.54) is 12.7 Å². The molecule has 0 aliphatic heterocycles. The molecule has 0 atom stereocenters. The van der Waals surface area contributed by atoms with E-state index < -0.39 is 8.60 Å². The van der Waals surface area contributed by atoms with Gasteiger partial charge in [-0.3, -0.25) is 0 Å². The molecule has 0 unspecified atom stereocenters. The normalized spacial score (nSPS) is 11.4. The summed E-state index contributed by atoms with van der Waals surface area (Å²) in [7, 11) is -0.870. The minimum atomic E-state index is -2.10. The highest BCUT2D eigenvalue weighted by Crippen LogP contribution is 2.20. The van der Waals surface area contributed by atoms with Crippen molar-refractivity contribution >= 4 is 8.60 Å². The van der Waals surface area contributed by atoms with Crippen molar-refractivity contribution in [3.05, 3.63) is 36.5 Å². The highest BCUT2D eigenvalue weighted by Gasteiger charge is 1.86. The lowest BCUT2D eigenvalue weighted by atomic mass is 10.2. The maximum absolute atomic E-state index is 7.76. The second-order valence-electron chi connectivity index (χ2n) is 2.08. The van der Waals surface area contributed by atoms with Crippen LogP contribution in [0.3, 0.4) is 0 Å². The van der Waals surface area contributed by atoms with E-state index in [0.717, 1.165) is 0 Å². The molecule has 4 heteroatoms. The van der Waals surface area contributed by atoms with Crippen LogP contribution in [0.15, 0.2) is 36.5 Å². The Hall–Kier alpha value is -0.470. The van der Waals surface area contributed by atoms with E-state index in [-0.39, 0.29) is 0 Å². The number of hydrogen-bond donors (Lipinski definition) is 2. The molecule has 0 aromatic heterocycles. The Morgan fingerprint density at radius 2 is 1.92 bits per heavy atom. The van der Waals surface area contributed by atoms with Crippen LogP contribution in [0.25, 0.3) is 0 Å². The molecule has 0 rings (SSSR count). The lowest BCUT2D eigenvalue weighted by Crippen LogP contribution is -1.67. The second kappa shape index (κ2) is 11.5. The Morgan fingerprint density at radius 1 is 1.46 bits per heavy atom. The van der Waals surface area contributed by atoms with Gasteiger partial charge in [0.15, 0.2) is 0 Å². The number of hydrogen-bond acceptors (Lipinski definition) is 3. The summed E-state index contributed by atoms with van der Waals surface area (Å²) < 4.78 is 3.93. The Labute approximate surface area is 81.1 Å². The molecular formula is C9H17O3P. The summed E-state index contributed by atoms with van der Waals surface area (Å²) in [6, 6.07) is 0. The summed E-state index contributed by atoms with van der Waals surface area (Å²) in [4.78, 5) is 15.5.